The highest BCUT2D eigenvalue weighted by atomic mass is 32.1. The molecule has 0 aromatic carbocycles. The Balaban J connectivity index is 2.87. The van der Waals surface area contributed by atoms with Gasteiger partial charge in [-0.3, -0.25) is 4.79 Å². The van der Waals surface area contributed by atoms with Gasteiger partial charge in [0, 0.05) is 0 Å². The van der Waals surface area contributed by atoms with Crippen molar-refractivity contribution >= 4 is 18.4 Å². The van der Waals surface area contributed by atoms with E-state index in [4.69, 9.17) is 0 Å². The molecular formula is C10H16OS. The van der Waals surface area contributed by atoms with E-state index in [0.717, 1.165) is 24.0 Å². The molecule has 12 heavy (non-hydrogen) atoms. The van der Waals surface area contributed by atoms with Gasteiger partial charge in [-0.1, -0.05) is 12.5 Å². The Morgan fingerprint density at radius 1 is 1.50 bits per heavy atom. The van der Waals surface area contributed by atoms with E-state index < -0.39 is 0 Å². The van der Waals surface area contributed by atoms with Gasteiger partial charge in [0.2, 0.25) is 0 Å². The van der Waals surface area contributed by atoms with Crippen molar-refractivity contribution in [1.29, 1.82) is 0 Å². The summed E-state index contributed by atoms with van der Waals surface area (Å²) in [6.45, 7) is 6.10. The molecule has 0 N–H and O–H groups in total. The molecule has 0 bridgehead atoms. The Hall–Kier alpha value is -0.240. The van der Waals surface area contributed by atoms with Crippen LogP contribution in [0.5, 0.6) is 0 Å². The first kappa shape index (κ1) is 9.85. The highest BCUT2D eigenvalue weighted by molar-refractivity contribution is 7.81. The first-order valence-electron chi connectivity index (χ1n) is 4.42. The maximum atomic E-state index is 11.6. The largest absolute Gasteiger partial charge is 0.293 e. The summed E-state index contributed by atoms with van der Waals surface area (Å²) in [5, 5.41) is -0.0661. The van der Waals surface area contributed by atoms with Gasteiger partial charge in [-0.2, -0.15) is 12.6 Å². The first-order valence-corrected chi connectivity index (χ1v) is 4.94. The zero-order chi connectivity index (χ0) is 9.30. The molecule has 0 aliphatic heterocycles. The molecule has 0 amide bonds. The molecule has 2 atom stereocenters. The highest BCUT2D eigenvalue weighted by Gasteiger charge is 2.29. The molecule has 1 rings (SSSR count). The third-order valence-corrected chi connectivity index (χ3v) is 3.30. The van der Waals surface area contributed by atoms with Crippen molar-refractivity contribution < 1.29 is 4.79 Å². The molecule has 68 valence electrons. The molecule has 2 unspecified atom stereocenters. The minimum Gasteiger partial charge on any atom is -0.293 e. The fourth-order valence-electron chi connectivity index (χ4n) is 1.59. The maximum absolute atomic E-state index is 11.6. The van der Waals surface area contributed by atoms with Gasteiger partial charge in [0.1, 0.15) is 0 Å². The summed E-state index contributed by atoms with van der Waals surface area (Å²) in [5.41, 5.74) is 2.17. The molecule has 1 aliphatic carbocycles. The van der Waals surface area contributed by atoms with E-state index in [1.165, 1.54) is 0 Å². The second-order valence-electron chi connectivity index (χ2n) is 3.80. The zero-order valence-corrected chi connectivity index (χ0v) is 8.82. The van der Waals surface area contributed by atoms with E-state index in [1.807, 2.05) is 13.8 Å². The molecule has 0 saturated heterocycles. The Bertz CT molecular complexity index is 226. The maximum Gasteiger partial charge on any atom is 0.171 e. The molecule has 1 saturated carbocycles. The Kier molecular flexibility index (Phi) is 2.99. The van der Waals surface area contributed by atoms with Crippen molar-refractivity contribution in [1.82, 2.24) is 0 Å². The van der Waals surface area contributed by atoms with Crippen LogP contribution in [-0.4, -0.2) is 11.0 Å². The number of rotatable bonds is 0. The summed E-state index contributed by atoms with van der Waals surface area (Å²) in [7, 11) is 0. The third-order valence-electron chi connectivity index (χ3n) is 2.56. The van der Waals surface area contributed by atoms with Gasteiger partial charge in [0.25, 0.3) is 0 Å². The number of ketones is 1. The Morgan fingerprint density at radius 2 is 2.08 bits per heavy atom. The fraction of sp³-hybridized carbons (Fsp3) is 0.700. The van der Waals surface area contributed by atoms with E-state index in [1.54, 1.807) is 0 Å². The predicted octanol–water partition coefficient (Wildman–Crippen LogP) is 2.62. The lowest BCUT2D eigenvalue weighted by Gasteiger charge is -2.26. The molecule has 2 heteroatoms. The molecule has 0 aromatic rings. The monoisotopic (exact) mass is 184 g/mol. The quantitative estimate of drug-likeness (QED) is 0.452. The molecular weight excluding hydrogens is 168 g/mol. The number of carbonyl (C=O) groups is 1. The lowest BCUT2D eigenvalue weighted by Crippen LogP contribution is -2.29. The summed E-state index contributed by atoms with van der Waals surface area (Å²) in [6.07, 6.45) is 2.04. The average molecular weight is 184 g/mol. The minimum atomic E-state index is -0.0661. The number of thiol groups is 1. The predicted molar refractivity (Wildman–Crippen MR) is 54.6 cm³/mol. The van der Waals surface area contributed by atoms with Gasteiger partial charge in [-0.25, -0.2) is 0 Å². The van der Waals surface area contributed by atoms with Crippen molar-refractivity contribution in [2.75, 3.05) is 0 Å². The summed E-state index contributed by atoms with van der Waals surface area (Å²) in [6, 6.07) is 0. The number of hydrogen-bond donors (Lipinski definition) is 1. The molecule has 0 aromatic heterocycles. The van der Waals surface area contributed by atoms with Crippen LogP contribution in [0, 0.1) is 5.92 Å². The van der Waals surface area contributed by atoms with Gasteiger partial charge in [-0.15, -0.1) is 0 Å². The molecule has 1 nitrogen and oxygen atoms in total. The van der Waals surface area contributed by atoms with Gasteiger partial charge in [0.15, 0.2) is 5.78 Å². The van der Waals surface area contributed by atoms with Crippen LogP contribution in [0.2, 0.25) is 0 Å². The number of carbonyl (C=O) groups excluding carboxylic acids is 1. The second-order valence-corrected chi connectivity index (χ2v) is 4.36. The van der Waals surface area contributed by atoms with E-state index in [2.05, 4.69) is 19.6 Å². The Morgan fingerprint density at radius 3 is 2.58 bits per heavy atom. The lowest BCUT2D eigenvalue weighted by atomic mass is 9.84. The SMILES string of the molecule is CC(C)=C1CCC(C)C(S)C1=O. The van der Waals surface area contributed by atoms with Crippen LogP contribution in [0.1, 0.15) is 33.6 Å². The van der Waals surface area contributed by atoms with Crippen LogP contribution in [0.3, 0.4) is 0 Å². The van der Waals surface area contributed by atoms with Crippen LogP contribution in [-0.2, 0) is 4.79 Å². The third kappa shape index (κ3) is 1.74. The molecule has 1 fully saturated rings. The lowest BCUT2D eigenvalue weighted by molar-refractivity contribution is -0.116. The van der Waals surface area contributed by atoms with Crippen LogP contribution in [0.15, 0.2) is 11.1 Å². The van der Waals surface area contributed by atoms with Crippen LogP contribution in [0.4, 0.5) is 0 Å². The van der Waals surface area contributed by atoms with Crippen molar-refractivity contribution in [3.05, 3.63) is 11.1 Å². The smallest absolute Gasteiger partial charge is 0.171 e. The number of Topliss-reactive ketones (excluding diaryl/α,β-unsaturated/α-hetero) is 1. The van der Waals surface area contributed by atoms with Gasteiger partial charge in [-0.05, 0) is 38.2 Å². The highest BCUT2D eigenvalue weighted by Crippen LogP contribution is 2.30. The van der Waals surface area contributed by atoms with Crippen LogP contribution < -0.4 is 0 Å². The van der Waals surface area contributed by atoms with Crippen LogP contribution in [0.25, 0.3) is 0 Å². The average Bonchev–Trinajstić information content (AvgIpc) is 2.00. The zero-order valence-electron chi connectivity index (χ0n) is 7.92. The minimum absolute atomic E-state index is 0.0661. The summed E-state index contributed by atoms with van der Waals surface area (Å²) in [4.78, 5) is 11.6. The fourth-order valence-corrected chi connectivity index (χ4v) is 1.89. The summed E-state index contributed by atoms with van der Waals surface area (Å²) < 4.78 is 0. The van der Waals surface area contributed by atoms with E-state index >= 15 is 0 Å². The van der Waals surface area contributed by atoms with Crippen molar-refractivity contribution in [2.45, 2.75) is 38.9 Å². The van der Waals surface area contributed by atoms with E-state index in [9.17, 15) is 4.79 Å². The van der Waals surface area contributed by atoms with Crippen molar-refractivity contribution in [3.8, 4) is 0 Å². The number of hydrogen-bond acceptors (Lipinski definition) is 2. The van der Waals surface area contributed by atoms with E-state index in [-0.39, 0.29) is 11.0 Å². The summed E-state index contributed by atoms with van der Waals surface area (Å²) >= 11 is 4.32. The van der Waals surface area contributed by atoms with Gasteiger partial charge >= 0.3 is 0 Å². The van der Waals surface area contributed by atoms with Gasteiger partial charge in [0.05, 0.1) is 5.25 Å². The molecule has 0 heterocycles. The second kappa shape index (κ2) is 3.65. The Labute approximate surface area is 79.6 Å². The van der Waals surface area contributed by atoms with Crippen molar-refractivity contribution in [2.24, 2.45) is 5.92 Å². The van der Waals surface area contributed by atoms with Crippen LogP contribution >= 0.6 is 12.6 Å². The van der Waals surface area contributed by atoms with Gasteiger partial charge < -0.3 is 0 Å². The first-order chi connectivity index (χ1) is 5.54. The standard InChI is InChI=1S/C10H16OS/c1-6(2)8-5-4-7(3)10(12)9(8)11/h7,10,12H,4-5H2,1-3H3. The van der Waals surface area contributed by atoms with E-state index in [0.29, 0.717) is 5.92 Å². The normalized spacial score (nSPS) is 30.7. The topological polar surface area (TPSA) is 17.1 Å². The van der Waals surface area contributed by atoms with Crippen molar-refractivity contribution in [3.63, 3.8) is 0 Å². The molecule has 1 aliphatic rings. The number of allylic oxidation sites excluding steroid dienone is 2. The molecule has 0 radical (unpaired) electrons. The summed E-state index contributed by atoms with van der Waals surface area (Å²) in [5.74, 6) is 0.681. The molecule has 0 spiro atoms.